The van der Waals surface area contributed by atoms with E-state index in [9.17, 15) is 0 Å². The van der Waals surface area contributed by atoms with Gasteiger partial charge in [-0.15, -0.1) is 0 Å². The van der Waals surface area contributed by atoms with Crippen molar-refractivity contribution in [2.45, 2.75) is 0 Å². The fourth-order valence-corrected chi connectivity index (χ4v) is 0.664. The van der Waals surface area contributed by atoms with Crippen LogP contribution in [0.4, 0.5) is 0 Å². The molecule has 1 aromatic carbocycles. The molecule has 11 heavy (non-hydrogen) atoms. The van der Waals surface area contributed by atoms with E-state index < -0.39 is 0 Å². The Hall–Kier alpha value is -0.995. The van der Waals surface area contributed by atoms with Gasteiger partial charge in [0.05, 0.1) is 0 Å². The minimum Gasteiger partial charge on any atom is -0.539 e. The molecule has 0 aliphatic rings. The zero-order valence-electron chi connectivity index (χ0n) is 6.06. The average molecular weight is 152 g/mol. The van der Waals surface area contributed by atoms with Crippen LogP contribution in [-0.2, 0) is 4.65 Å². The van der Waals surface area contributed by atoms with E-state index in [0.717, 1.165) is 5.75 Å². The van der Waals surface area contributed by atoms with Gasteiger partial charge in [0.1, 0.15) is 12.5 Å². The van der Waals surface area contributed by atoms with Crippen LogP contribution in [0.25, 0.3) is 0 Å². The smallest absolute Gasteiger partial charge is 0.508 e. The van der Waals surface area contributed by atoms with Crippen molar-refractivity contribution < 1.29 is 14.4 Å². The molecule has 0 radical (unpaired) electrons. The zero-order valence-corrected chi connectivity index (χ0v) is 6.06. The third-order valence-electron chi connectivity index (χ3n) is 1.14. The van der Waals surface area contributed by atoms with Crippen LogP contribution in [0.15, 0.2) is 30.3 Å². The summed E-state index contributed by atoms with van der Waals surface area (Å²) in [5.74, 6) is 0.737. The van der Waals surface area contributed by atoms with Crippen LogP contribution in [-0.4, -0.2) is 19.6 Å². The largest absolute Gasteiger partial charge is 0.539 e. The number of aliphatic hydroxyl groups is 1. The number of hydrogen-bond acceptors (Lipinski definition) is 3. The molecule has 0 bridgehead atoms. The lowest BCUT2D eigenvalue weighted by Gasteiger charge is -2.02. The molecule has 0 amide bonds. The first kappa shape index (κ1) is 8.10. The van der Waals surface area contributed by atoms with Crippen molar-refractivity contribution in [3.05, 3.63) is 30.3 Å². The Morgan fingerprint density at radius 1 is 1.27 bits per heavy atom. The zero-order chi connectivity index (χ0) is 7.94. The van der Waals surface area contributed by atoms with Crippen molar-refractivity contribution >= 4 is 7.69 Å². The normalized spacial score (nSPS) is 9.18. The molecular weight excluding hydrogens is 143 g/mol. The van der Waals surface area contributed by atoms with Gasteiger partial charge in [0.15, 0.2) is 0 Å². The molecule has 0 saturated heterocycles. The molecule has 1 N–H and O–H groups in total. The molecule has 0 aliphatic heterocycles. The third-order valence-corrected chi connectivity index (χ3v) is 1.14. The summed E-state index contributed by atoms with van der Waals surface area (Å²) in [6.07, 6.45) is 0. The second kappa shape index (κ2) is 4.76. The molecule has 0 fully saturated rings. The van der Waals surface area contributed by atoms with Gasteiger partial charge in [0.25, 0.3) is 0 Å². The molecule has 0 aliphatic carbocycles. The summed E-state index contributed by atoms with van der Waals surface area (Å²) in [5, 5.41) is 8.24. The molecule has 0 spiro atoms. The molecule has 0 atom stereocenters. The predicted octanol–water partition coefficient (Wildman–Crippen LogP) is 0.298. The van der Waals surface area contributed by atoms with E-state index >= 15 is 0 Å². The molecule has 3 nitrogen and oxygen atoms in total. The first-order valence-electron chi connectivity index (χ1n) is 3.30. The lowest BCUT2D eigenvalue weighted by Crippen LogP contribution is -2.07. The van der Waals surface area contributed by atoms with Crippen LogP contribution in [0.5, 0.6) is 5.75 Å². The Balaban J connectivity index is 2.28. The molecule has 0 unspecified atom stereocenters. The Morgan fingerprint density at radius 2 is 2.00 bits per heavy atom. The van der Waals surface area contributed by atoms with Gasteiger partial charge in [-0.3, -0.25) is 0 Å². The van der Waals surface area contributed by atoms with Crippen molar-refractivity contribution in [1.82, 2.24) is 0 Å². The second-order valence-electron chi connectivity index (χ2n) is 1.91. The SMILES string of the molecule is OCOBOc1ccccc1. The van der Waals surface area contributed by atoms with E-state index in [1.54, 1.807) is 0 Å². The van der Waals surface area contributed by atoms with Crippen molar-refractivity contribution in [3.63, 3.8) is 0 Å². The van der Waals surface area contributed by atoms with Crippen LogP contribution in [0, 0.1) is 0 Å². The minimum atomic E-state index is -0.313. The highest BCUT2D eigenvalue weighted by Crippen LogP contribution is 2.06. The van der Waals surface area contributed by atoms with Gasteiger partial charge in [0, 0.05) is 0 Å². The molecule has 1 rings (SSSR count). The monoisotopic (exact) mass is 152 g/mol. The van der Waals surface area contributed by atoms with Crippen LogP contribution < -0.4 is 4.65 Å². The summed E-state index contributed by atoms with van der Waals surface area (Å²) in [6, 6.07) is 9.28. The van der Waals surface area contributed by atoms with Crippen LogP contribution in [0.2, 0.25) is 0 Å². The standard InChI is InChI=1S/C7H9BO3/c9-6-10-8-11-7-4-2-1-3-5-7/h1-5,8-9H,6H2. The molecule has 1 aromatic rings. The van der Waals surface area contributed by atoms with Gasteiger partial charge >= 0.3 is 7.69 Å². The highest BCUT2D eigenvalue weighted by atomic mass is 16.6. The van der Waals surface area contributed by atoms with Crippen molar-refractivity contribution in [2.75, 3.05) is 6.79 Å². The van der Waals surface area contributed by atoms with E-state index in [4.69, 9.17) is 9.76 Å². The predicted molar refractivity (Wildman–Crippen MR) is 42.4 cm³/mol. The summed E-state index contributed by atoms with van der Waals surface area (Å²) in [5.41, 5.74) is 0. The lowest BCUT2D eigenvalue weighted by atomic mass is 10.3. The van der Waals surface area contributed by atoms with E-state index in [-0.39, 0.29) is 14.5 Å². The average Bonchev–Trinajstić information content (AvgIpc) is 2.07. The van der Waals surface area contributed by atoms with Crippen molar-refractivity contribution in [1.29, 1.82) is 0 Å². The van der Waals surface area contributed by atoms with E-state index in [1.807, 2.05) is 30.3 Å². The molecule has 58 valence electrons. The molecular formula is C7H9BO3. The summed E-state index contributed by atoms with van der Waals surface area (Å²) in [6.45, 7) is -0.313. The Bertz CT molecular complexity index is 190. The first-order valence-corrected chi connectivity index (χ1v) is 3.30. The quantitative estimate of drug-likeness (QED) is 0.383. The summed E-state index contributed by atoms with van der Waals surface area (Å²) in [4.78, 5) is 0. The highest BCUT2D eigenvalue weighted by molar-refractivity contribution is 6.19. The van der Waals surface area contributed by atoms with Gasteiger partial charge in [-0.1, -0.05) is 18.2 Å². The topological polar surface area (TPSA) is 38.7 Å². The fourth-order valence-electron chi connectivity index (χ4n) is 0.664. The number of rotatable bonds is 4. The highest BCUT2D eigenvalue weighted by Gasteiger charge is 1.92. The maximum atomic E-state index is 8.24. The summed E-state index contributed by atoms with van der Waals surface area (Å²) in [7, 11) is 0.0838. The Kier molecular flexibility index (Phi) is 3.51. The Labute approximate surface area is 65.9 Å². The second-order valence-corrected chi connectivity index (χ2v) is 1.91. The van der Waals surface area contributed by atoms with Gasteiger partial charge < -0.3 is 14.4 Å². The lowest BCUT2D eigenvalue weighted by molar-refractivity contribution is 0.0904. The third kappa shape index (κ3) is 3.07. The van der Waals surface area contributed by atoms with Crippen molar-refractivity contribution in [3.8, 4) is 5.75 Å². The van der Waals surface area contributed by atoms with Crippen LogP contribution >= 0.6 is 0 Å². The van der Waals surface area contributed by atoms with Gasteiger partial charge in [-0.05, 0) is 12.1 Å². The van der Waals surface area contributed by atoms with Crippen LogP contribution in [0.1, 0.15) is 0 Å². The fraction of sp³-hybridized carbons (Fsp3) is 0.143. The van der Waals surface area contributed by atoms with E-state index in [0.29, 0.717) is 0 Å². The van der Waals surface area contributed by atoms with Crippen LogP contribution in [0.3, 0.4) is 0 Å². The minimum absolute atomic E-state index is 0.0838. The van der Waals surface area contributed by atoms with Crippen molar-refractivity contribution in [2.24, 2.45) is 0 Å². The Morgan fingerprint density at radius 3 is 2.64 bits per heavy atom. The van der Waals surface area contributed by atoms with Gasteiger partial charge in [-0.25, -0.2) is 0 Å². The number of benzene rings is 1. The molecule has 0 heterocycles. The van der Waals surface area contributed by atoms with E-state index in [1.165, 1.54) is 0 Å². The van der Waals surface area contributed by atoms with E-state index in [2.05, 4.69) is 4.65 Å². The summed E-state index contributed by atoms with van der Waals surface area (Å²) < 4.78 is 9.63. The maximum absolute atomic E-state index is 8.24. The number of aliphatic hydroxyl groups excluding tert-OH is 1. The molecule has 0 saturated carbocycles. The van der Waals surface area contributed by atoms with Gasteiger partial charge in [0.2, 0.25) is 0 Å². The van der Waals surface area contributed by atoms with Gasteiger partial charge in [-0.2, -0.15) is 0 Å². The number of para-hydroxylation sites is 1. The maximum Gasteiger partial charge on any atom is 0.508 e. The number of hydrogen-bond donors (Lipinski definition) is 1. The summed E-state index contributed by atoms with van der Waals surface area (Å²) >= 11 is 0. The molecule has 0 aromatic heterocycles. The molecule has 4 heteroatoms. The first-order chi connectivity index (χ1) is 5.43.